The summed E-state index contributed by atoms with van der Waals surface area (Å²) in [6, 6.07) is 5.49. The second kappa shape index (κ2) is 7.36. The molecule has 6 heteroatoms. The van der Waals surface area contributed by atoms with E-state index in [0.717, 1.165) is 22.9 Å². The summed E-state index contributed by atoms with van der Waals surface area (Å²) < 4.78 is 0. The first-order chi connectivity index (χ1) is 10.8. The molecule has 0 unspecified atom stereocenters. The summed E-state index contributed by atoms with van der Waals surface area (Å²) in [7, 11) is 4.05. The predicted molar refractivity (Wildman–Crippen MR) is 95.1 cm³/mol. The Morgan fingerprint density at radius 3 is 2.83 bits per heavy atom. The van der Waals surface area contributed by atoms with Crippen LogP contribution in [0.15, 0.2) is 23.1 Å². The molecule has 0 saturated carbocycles. The molecular formula is C17H25N3O2S. The fourth-order valence-corrected chi connectivity index (χ4v) is 3.63. The summed E-state index contributed by atoms with van der Waals surface area (Å²) in [6.07, 6.45) is 0.500. The van der Waals surface area contributed by atoms with Crippen molar-refractivity contribution in [2.24, 2.45) is 5.41 Å². The molecule has 1 aromatic carbocycles. The van der Waals surface area contributed by atoms with Crippen LogP contribution in [-0.2, 0) is 4.79 Å². The van der Waals surface area contributed by atoms with E-state index < -0.39 is 0 Å². The number of nitrogens with zero attached hydrogens (tertiary/aromatic N) is 1. The van der Waals surface area contributed by atoms with E-state index in [9.17, 15) is 9.59 Å². The van der Waals surface area contributed by atoms with Gasteiger partial charge in [-0.2, -0.15) is 0 Å². The van der Waals surface area contributed by atoms with Crippen molar-refractivity contribution in [2.45, 2.75) is 25.2 Å². The Hall–Kier alpha value is -1.53. The number of fused-ring (bicyclic) bond motifs is 1. The highest BCUT2D eigenvalue weighted by Crippen LogP contribution is 2.31. The van der Waals surface area contributed by atoms with E-state index in [0.29, 0.717) is 18.5 Å². The first kappa shape index (κ1) is 17.8. The van der Waals surface area contributed by atoms with Crippen LogP contribution in [0.5, 0.6) is 0 Å². The van der Waals surface area contributed by atoms with Crippen LogP contribution < -0.4 is 10.6 Å². The number of carbonyl (C=O) groups is 2. The number of thioether (sulfide) groups is 1. The third kappa shape index (κ3) is 5.25. The molecule has 0 bridgehead atoms. The topological polar surface area (TPSA) is 61.4 Å². The van der Waals surface area contributed by atoms with Gasteiger partial charge in [-0.15, -0.1) is 11.8 Å². The maximum absolute atomic E-state index is 12.4. The van der Waals surface area contributed by atoms with Crippen molar-refractivity contribution in [2.75, 3.05) is 38.3 Å². The molecule has 0 aliphatic carbocycles. The number of rotatable bonds is 5. The van der Waals surface area contributed by atoms with E-state index in [1.54, 1.807) is 17.8 Å². The van der Waals surface area contributed by atoms with Gasteiger partial charge in [0, 0.05) is 35.7 Å². The van der Waals surface area contributed by atoms with E-state index in [-0.39, 0.29) is 17.2 Å². The number of hydrogen-bond acceptors (Lipinski definition) is 4. The summed E-state index contributed by atoms with van der Waals surface area (Å²) in [5, 5.41) is 5.86. The van der Waals surface area contributed by atoms with Crippen molar-refractivity contribution in [3.05, 3.63) is 23.8 Å². The Bertz CT molecular complexity index is 600. The standard InChI is InChI=1S/C17H25N3O2S/c1-17(2,11-20(3)4)10-18-16(22)12-5-6-14-13(9-12)19-15(21)7-8-23-14/h5-6,9H,7-8,10-11H2,1-4H3,(H,18,22)(H,19,21). The minimum atomic E-state index is -0.108. The molecule has 126 valence electrons. The molecule has 0 spiro atoms. The zero-order valence-electron chi connectivity index (χ0n) is 14.2. The molecule has 0 atom stereocenters. The van der Waals surface area contributed by atoms with E-state index in [1.807, 2.05) is 26.2 Å². The van der Waals surface area contributed by atoms with Crippen LogP contribution >= 0.6 is 11.8 Å². The maximum atomic E-state index is 12.4. The van der Waals surface area contributed by atoms with Crippen LogP contribution in [-0.4, -0.2) is 49.7 Å². The number of benzene rings is 1. The van der Waals surface area contributed by atoms with Gasteiger partial charge in [0.15, 0.2) is 0 Å². The lowest BCUT2D eigenvalue weighted by Gasteiger charge is -2.28. The SMILES string of the molecule is CN(C)CC(C)(C)CNC(=O)c1ccc2c(c1)NC(=O)CCS2. The van der Waals surface area contributed by atoms with Gasteiger partial charge >= 0.3 is 0 Å². The third-order valence-electron chi connectivity index (χ3n) is 3.57. The highest BCUT2D eigenvalue weighted by molar-refractivity contribution is 7.99. The molecule has 1 aliphatic rings. The van der Waals surface area contributed by atoms with Gasteiger partial charge in [0.25, 0.3) is 5.91 Å². The van der Waals surface area contributed by atoms with E-state index in [4.69, 9.17) is 0 Å². The summed E-state index contributed by atoms with van der Waals surface area (Å²) in [4.78, 5) is 27.2. The van der Waals surface area contributed by atoms with Gasteiger partial charge in [0.2, 0.25) is 5.91 Å². The fraction of sp³-hybridized carbons (Fsp3) is 0.529. The normalized spacial score (nSPS) is 14.9. The second-order valence-corrected chi connectivity index (χ2v) is 8.08. The number of nitrogens with one attached hydrogen (secondary N) is 2. The minimum absolute atomic E-state index is 0.000856. The highest BCUT2D eigenvalue weighted by Gasteiger charge is 2.21. The first-order valence-electron chi connectivity index (χ1n) is 7.76. The van der Waals surface area contributed by atoms with Crippen molar-refractivity contribution in [1.29, 1.82) is 0 Å². The van der Waals surface area contributed by atoms with Gasteiger partial charge in [0.1, 0.15) is 0 Å². The van der Waals surface area contributed by atoms with Gasteiger partial charge in [-0.25, -0.2) is 0 Å². The molecule has 0 fully saturated rings. The maximum Gasteiger partial charge on any atom is 0.251 e. The van der Waals surface area contributed by atoms with Crippen molar-refractivity contribution in [3.63, 3.8) is 0 Å². The smallest absolute Gasteiger partial charge is 0.251 e. The van der Waals surface area contributed by atoms with E-state index >= 15 is 0 Å². The molecule has 2 N–H and O–H groups in total. The van der Waals surface area contributed by atoms with Crippen LogP contribution in [0.25, 0.3) is 0 Å². The lowest BCUT2D eigenvalue weighted by molar-refractivity contribution is -0.115. The molecule has 0 radical (unpaired) electrons. The van der Waals surface area contributed by atoms with Gasteiger partial charge < -0.3 is 15.5 Å². The largest absolute Gasteiger partial charge is 0.351 e. The summed E-state index contributed by atoms with van der Waals surface area (Å²) in [6.45, 7) is 5.74. The molecule has 2 amide bonds. The van der Waals surface area contributed by atoms with Gasteiger partial charge in [-0.05, 0) is 37.7 Å². The molecule has 23 heavy (non-hydrogen) atoms. The van der Waals surface area contributed by atoms with Crippen molar-refractivity contribution >= 4 is 29.3 Å². The minimum Gasteiger partial charge on any atom is -0.351 e. The van der Waals surface area contributed by atoms with Crippen molar-refractivity contribution in [1.82, 2.24) is 10.2 Å². The molecule has 1 aromatic rings. The van der Waals surface area contributed by atoms with Crippen LogP contribution in [0.3, 0.4) is 0 Å². The Kier molecular flexibility index (Phi) is 5.70. The molecule has 5 nitrogen and oxygen atoms in total. The van der Waals surface area contributed by atoms with E-state index in [1.165, 1.54) is 0 Å². The summed E-state index contributed by atoms with van der Waals surface area (Å²) in [5.41, 5.74) is 1.31. The third-order valence-corrected chi connectivity index (χ3v) is 4.65. The second-order valence-electron chi connectivity index (χ2n) is 6.94. The monoisotopic (exact) mass is 335 g/mol. The Morgan fingerprint density at radius 2 is 2.13 bits per heavy atom. The molecule has 0 aromatic heterocycles. The summed E-state index contributed by atoms with van der Waals surface area (Å²) in [5.74, 6) is 0.660. The quantitative estimate of drug-likeness (QED) is 0.868. The van der Waals surface area contributed by atoms with Gasteiger partial charge in [0.05, 0.1) is 5.69 Å². The Labute approximate surface area is 142 Å². The average molecular weight is 335 g/mol. The molecule has 1 aliphatic heterocycles. The zero-order valence-corrected chi connectivity index (χ0v) is 15.0. The number of amides is 2. The average Bonchev–Trinajstić information content (AvgIpc) is 2.63. The lowest BCUT2D eigenvalue weighted by Crippen LogP contribution is -2.40. The molecular weight excluding hydrogens is 310 g/mol. The number of hydrogen-bond donors (Lipinski definition) is 2. The van der Waals surface area contributed by atoms with E-state index in [2.05, 4.69) is 29.4 Å². The van der Waals surface area contributed by atoms with Gasteiger partial charge in [-0.3, -0.25) is 9.59 Å². The van der Waals surface area contributed by atoms with Crippen molar-refractivity contribution < 1.29 is 9.59 Å². The first-order valence-corrected chi connectivity index (χ1v) is 8.75. The van der Waals surface area contributed by atoms with Crippen LogP contribution in [0.4, 0.5) is 5.69 Å². The molecule has 2 rings (SSSR count). The molecule has 0 saturated heterocycles. The predicted octanol–water partition coefficient (Wildman–Crippen LogP) is 2.44. The van der Waals surface area contributed by atoms with Gasteiger partial charge in [-0.1, -0.05) is 13.8 Å². The zero-order chi connectivity index (χ0) is 17.0. The highest BCUT2D eigenvalue weighted by atomic mass is 32.2. The number of anilines is 1. The van der Waals surface area contributed by atoms with Crippen LogP contribution in [0.2, 0.25) is 0 Å². The summed E-state index contributed by atoms with van der Waals surface area (Å²) >= 11 is 1.64. The number of carbonyl (C=O) groups excluding carboxylic acids is 2. The Morgan fingerprint density at radius 1 is 1.39 bits per heavy atom. The van der Waals surface area contributed by atoms with Crippen LogP contribution in [0.1, 0.15) is 30.6 Å². The Balaban J connectivity index is 2.04. The lowest BCUT2D eigenvalue weighted by atomic mass is 9.93. The molecule has 1 heterocycles. The van der Waals surface area contributed by atoms with Crippen molar-refractivity contribution in [3.8, 4) is 0 Å². The van der Waals surface area contributed by atoms with Crippen LogP contribution in [0, 0.1) is 5.41 Å². The fourth-order valence-electron chi connectivity index (χ4n) is 2.69.